The average molecular weight is 207 g/mol. The molecular formula is C13H21NO. The maximum atomic E-state index is 11.1. The van der Waals surface area contributed by atoms with E-state index in [1.807, 2.05) is 0 Å². The number of rotatable bonds is 4. The molecule has 0 unspecified atom stereocenters. The van der Waals surface area contributed by atoms with Crippen molar-refractivity contribution in [3.8, 4) is 6.07 Å². The van der Waals surface area contributed by atoms with Gasteiger partial charge in [-0.25, -0.2) is 0 Å². The Morgan fingerprint density at radius 2 is 2.07 bits per heavy atom. The second-order valence-electron chi connectivity index (χ2n) is 5.00. The summed E-state index contributed by atoms with van der Waals surface area (Å²) in [6.45, 7) is 3.80. The zero-order valence-electron chi connectivity index (χ0n) is 9.88. The number of nitriles is 1. The van der Waals surface area contributed by atoms with Gasteiger partial charge in [0.1, 0.15) is 5.78 Å². The minimum atomic E-state index is -0.323. The second kappa shape index (κ2) is 5.30. The van der Waals surface area contributed by atoms with E-state index < -0.39 is 0 Å². The molecule has 84 valence electrons. The zero-order chi connectivity index (χ0) is 11.3. The van der Waals surface area contributed by atoms with E-state index in [1.165, 1.54) is 12.8 Å². The van der Waals surface area contributed by atoms with E-state index in [-0.39, 0.29) is 11.2 Å². The molecule has 0 aromatic heterocycles. The predicted octanol–water partition coefficient (Wildman–Crippen LogP) is 3.47. The lowest BCUT2D eigenvalue weighted by Gasteiger charge is -2.34. The van der Waals surface area contributed by atoms with E-state index in [9.17, 15) is 10.1 Å². The molecule has 1 aliphatic carbocycles. The maximum absolute atomic E-state index is 11.1. The van der Waals surface area contributed by atoms with Crippen LogP contribution >= 0.6 is 0 Å². The second-order valence-corrected chi connectivity index (χ2v) is 5.00. The van der Waals surface area contributed by atoms with E-state index in [0.717, 1.165) is 31.6 Å². The summed E-state index contributed by atoms with van der Waals surface area (Å²) in [5.74, 6) is 0.953. The van der Waals surface area contributed by atoms with Gasteiger partial charge in [0.2, 0.25) is 0 Å². The van der Waals surface area contributed by atoms with Crippen LogP contribution in [0.2, 0.25) is 0 Å². The van der Waals surface area contributed by atoms with Crippen molar-refractivity contribution in [3.63, 3.8) is 0 Å². The lowest BCUT2D eigenvalue weighted by atomic mass is 9.68. The molecule has 0 amide bonds. The van der Waals surface area contributed by atoms with Crippen molar-refractivity contribution in [2.75, 3.05) is 0 Å². The predicted molar refractivity (Wildman–Crippen MR) is 60.2 cm³/mol. The van der Waals surface area contributed by atoms with Crippen LogP contribution in [0.3, 0.4) is 0 Å². The molecule has 0 aliphatic heterocycles. The summed E-state index contributed by atoms with van der Waals surface area (Å²) in [5, 5.41) is 9.20. The highest BCUT2D eigenvalue weighted by Crippen LogP contribution is 2.42. The maximum Gasteiger partial charge on any atom is 0.131 e. The van der Waals surface area contributed by atoms with Gasteiger partial charge in [-0.1, -0.05) is 19.8 Å². The van der Waals surface area contributed by atoms with Crippen LogP contribution < -0.4 is 0 Å². The van der Waals surface area contributed by atoms with Crippen LogP contribution in [0.1, 0.15) is 58.8 Å². The van der Waals surface area contributed by atoms with Crippen LogP contribution in [0.15, 0.2) is 0 Å². The molecule has 0 aromatic carbocycles. The van der Waals surface area contributed by atoms with E-state index >= 15 is 0 Å². The van der Waals surface area contributed by atoms with Crippen molar-refractivity contribution < 1.29 is 4.79 Å². The largest absolute Gasteiger partial charge is 0.300 e. The number of carbonyl (C=O) groups is 1. The number of ketones is 1. The van der Waals surface area contributed by atoms with Gasteiger partial charge in [-0.05, 0) is 38.5 Å². The Labute approximate surface area is 92.7 Å². The molecule has 0 heterocycles. The van der Waals surface area contributed by atoms with Gasteiger partial charge in [-0.3, -0.25) is 4.79 Å². The van der Waals surface area contributed by atoms with Crippen molar-refractivity contribution >= 4 is 5.78 Å². The third-order valence-corrected chi connectivity index (χ3v) is 3.58. The van der Waals surface area contributed by atoms with Crippen molar-refractivity contribution in [2.45, 2.75) is 58.8 Å². The third-order valence-electron chi connectivity index (χ3n) is 3.58. The Hall–Kier alpha value is -0.840. The molecule has 1 aliphatic rings. The average Bonchev–Trinajstić information content (AvgIpc) is 2.21. The molecule has 1 saturated carbocycles. The minimum absolute atomic E-state index is 0.158. The van der Waals surface area contributed by atoms with Gasteiger partial charge in [0.05, 0.1) is 11.5 Å². The number of Topliss-reactive ketones (excluding diaryl/α,β-unsaturated/α-hetero) is 1. The van der Waals surface area contributed by atoms with Crippen LogP contribution in [-0.2, 0) is 4.79 Å². The van der Waals surface area contributed by atoms with Crippen LogP contribution in [-0.4, -0.2) is 5.78 Å². The van der Waals surface area contributed by atoms with Crippen molar-refractivity contribution in [1.29, 1.82) is 5.26 Å². The first-order chi connectivity index (χ1) is 7.12. The summed E-state index contributed by atoms with van der Waals surface area (Å²) in [6, 6.07) is 2.39. The summed E-state index contributed by atoms with van der Waals surface area (Å²) >= 11 is 0. The van der Waals surface area contributed by atoms with Gasteiger partial charge < -0.3 is 0 Å². The van der Waals surface area contributed by atoms with E-state index in [4.69, 9.17) is 0 Å². The molecule has 0 spiro atoms. The highest BCUT2D eigenvalue weighted by Gasteiger charge is 2.36. The Balaban J connectivity index is 2.52. The SMILES string of the molecule is CCCC1CCC(C#N)(CC(C)=O)CC1. The molecule has 15 heavy (non-hydrogen) atoms. The lowest BCUT2D eigenvalue weighted by molar-refractivity contribution is -0.119. The topological polar surface area (TPSA) is 40.9 Å². The molecule has 2 heteroatoms. The Bertz CT molecular complexity index is 256. The molecule has 0 bridgehead atoms. The highest BCUT2D eigenvalue weighted by molar-refractivity contribution is 5.76. The van der Waals surface area contributed by atoms with Gasteiger partial charge in [0.25, 0.3) is 0 Å². The lowest BCUT2D eigenvalue weighted by Crippen LogP contribution is -2.28. The van der Waals surface area contributed by atoms with E-state index in [2.05, 4.69) is 13.0 Å². The number of hydrogen-bond acceptors (Lipinski definition) is 2. The molecule has 0 radical (unpaired) electrons. The molecule has 0 N–H and O–H groups in total. The normalized spacial score (nSPS) is 30.9. The van der Waals surface area contributed by atoms with E-state index in [0.29, 0.717) is 6.42 Å². The molecule has 1 fully saturated rings. The standard InChI is InChI=1S/C13H21NO/c1-3-4-12-5-7-13(10-14,8-6-12)9-11(2)15/h12H,3-9H2,1-2H3. The fourth-order valence-electron chi connectivity index (χ4n) is 2.73. The molecule has 0 saturated heterocycles. The molecule has 0 atom stereocenters. The van der Waals surface area contributed by atoms with Gasteiger partial charge in [0.15, 0.2) is 0 Å². The summed E-state index contributed by atoms with van der Waals surface area (Å²) in [4.78, 5) is 11.1. The minimum Gasteiger partial charge on any atom is -0.300 e. The Morgan fingerprint density at radius 1 is 1.47 bits per heavy atom. The monoisotopic (exact) mass is 207 g/mol. The summed E-state index contributed by atoms with van der Waals surface area (Å²) in [5.41, 5.74) is -0.323. The van der Waals surface area contributed by atoms with Gasteiger partial charge >= 0.3 is 0 Å². The van der Waals surface area contributed by atoms with Crippen LogP contribution in [0.25, 0.3) is 0 Å². The number of carbonyl (C=O) groups excluding carboxylic acids is 1. The van der Waals surface area contributed by atoms with Crippen molar-refractivity contribution in [2.24, 2.45) is 11.3 Å². The first-order valence-electron chi connectivity index (χ1n) is 6.02. The Kier molecular flexibility index (Phi) is 4.32. The molecule has 2 nitrogen and oxygen atoms in total. The fraction of sp³-hybridized carbons (Fsp3) is 0.846. The third kappa shape index (κ3) is 3.34. The van der Waals surface area contributed by atoms with Crippen molar-refractivity contribution in [1.82, 2.24) is 0 Å². The zero-order valence-corrected chi connectivity index (χ0v) is 9.88. The van der Waals surface area contributed by atoms with Crippen LogP contribution in [0, 0.1) is 22.7 Å². The van der Waals surface area contributed by atoms with Gasteiger partial charge in [-0.2, -0.15) is 5.26 Å². The smallest absolute Gasteiger partial charge is 0.131 e. The quantitative estimate of drug-likeness (QED) is 0.708. The fourth-order valence-corrected chi connectivity index (χ4v) is 2.73. The van der Waals surface area contributed by atoms with Gasteiger partial charge in [-0.15, -0.1) is 0 Å². The summed E-state index contributed by atoms with van der Waals surface area (Å²) in [7, 11) is 0. The number of nitrogens with zero attached hydrogens (tertiary/aromatic N) is 1. The molecular weight excluding hydrogens is 186 g/mol. The van der Waals surface area contributed by atoms with Crippen LogP contribution in [0.5, 0.6) is 0 Å². The van der Waals surface area contributed by atoms with Gasteiger partial charge in [0, 0.05) is 6.42 Å². The molecule has 0 aromatic rings. The Morgan fingerprint density at radius 3 is 2.47 bits per heavy atom. The highest BCUT2D eigenvalue weighted by atomic mass is 16.1. The van der Waals surface area contributed by atoms with E-state index in [1.54, 1.807) is 6.92 Å². The summed E-state index contributed by atoms with van der Waals surface area (Å²) < 4.78 is 0. The summed E-state index contributed by atoms with van der Waals surface area (Å²) in [6.07, 6.45) is 7.09. The van der Waals surface area contributed by atoms with Crippen molar-refractivity contribution in [3.05, 3.63) is 0 Å². The number of hydrogen-bond donors (Lipinski definition) is 0. The first kappa shape index (κ1) is 12.2. The molecule has 1 rings (SSSR count). The first-order valence-corrected chi connectivity index (χ1v) is 6.02. The van der Waals surface area contributed by atoms with Crippen LogP contribution in [0.4, 0.5) is 0 Å².